The Morgan fingerprint density at radius 1 is 1.33 bits per heavy atom. The third-order valence-corrected chi connectivity index (χ3v) is 1.39. The molecule has 66 valence electrons. The average molecular weight is 167 g/mol. The maximum absolute atomic E-state index is 10.4. The van der Waals surface area contributed by atoms with E-state index in [2.05, 4.69) is 13.2 Å². The first-order chi connectivity index (χ1) is 5.63. The summed E-state index contributed by atoms with van der Waals surface area (Å²) in [6, 6.07) is 0. The fraction of sp³-hybridized carbons (Fsp3) is 0.222. The van der Waals surface area contributed by atoms with Gasteiger partial charge in [-0.15, -0.1) is 13.2 Å². The Morgan fingerprint density at radius 2 is 1.75 bits per heavy atom. The largest absolute Gasteiger partial charge is 0.477 e. The number of hydrogen-bond acceptors (Lipinski definition) is 2. The fourth-order valence-corrected chi connectivity index (χ4v) is 0.803. The first kappa shape index (κ1) is 10.5. The molecule has 3 heteroatoms. The van der Waals surface area contributed by atoms with Gasteiger partial charge in [0.05, 0.1) is 0 Å². The maximum Gasteiger partial charge on any atom is 0.351 e. The van der Waals surface area contributed by atoms with E-state index >= 15 is 0 Å². The normalized spacial score (nSPS) is 8.67. The molecule has 0 atom stereocenters. The van der Waals surface area contributed by atoms with Crippen molar-refractivity contribution in [1.82, 2.24) is 0 Å². The Balaban J connectivity index is 4.64. The molecule has 0 spiro atoms. The number of carbonyl (C=O) groups is 1. The minimum Gasteiger partial charge on any atom is -0.477 e. The van der Waals surface area contributed by atoms with E-state index in [1.807, 2.05) is 0 Å². The molecular weight excluding hydrogens is 154 g/mol. The topological polar surface area (TPSA) is 63.3 Å². The highest BCUT2D eigenvalue weighted by Gasteiger charge is 2.07. The van der Waals surface area contributed by atoms with Crippen molar-refractivity contribution in [2.24, 2.45) is 5.73 Å². The molecule has 0 aliphatic carbocycles. The van der Waals surface area contributed by atoms with Gasteiger partial charge in [-0.3, -0.25) is 0 Å². The van der Waals surface area contributed by atoms with Gasteiger partial charge in [-0.2, -0.15) is 0 Å². The predicted molar refractivity (Wildman–Crippen MR) is 48.5 cm³/mol. The summed E-state index contributed by atoms with van der Waals surface area (Å²) >= 11 is 0. The summed E-state index contributed by atoms with van der Waals surface area (Å²) in [4.78, 5) is 10.4. The lowest BCUT2D eigenvalue weighted by Gasteiger charge is -2.03. The van der Waals surface area contributed by atoms with Crippen LogP contribution in [0.3, 0.4) is 0 Å². The van der Waals surface area contributed by atoms with Crippen LogP contribution in [0.25, 0.3) is 0 Å². The molecule has 0 heterocycles. The van der Waals surface area contributed by atoms with Crippen molar-refractivity contribution in [3.05, 3.63) is 36.6 Å². The van der Waals surface area contributed by atoms with Gasteiger partial charge >= 0.3 is 5.97 Å². The smallest absolute Gasteiger partial charge is 0.351 e. The summed E-state index contributed by atoms with van der Waals surface area (Å²) in [5.74, 6) is -1.09. The van der Waals surface area contributed by atoms with Crippen LogP contribution < -0.4 is 5.73 Å². The Labute approximate surface area is 71.9 Å². The van der Waals surface area contributed by atoms with E-state index in [4.69, 9.17) is 10.8 Å². The zero-order valence-corrected chi connectivity index (χ0v) is 6.92. The zero-order chi connectivity index (χ0) is 9.56. The summed E-state index contributed by atoms with van der Waals surface area (Å²) in [7, 11) is 0. The van der Waals surface area contributed by atoms with E-state index in [1.165, 1.54) is 0 Å². The molecule has 0 bridgehead atoms. The monoisotopic (exact) mass is 167 g/mol. The minimum atomic E-state index is -1.09. The van der Waals surface area contributed by atoms with E-state index < -0.39 is 5.97 Å². The molecule has 0 saturated carbocycles. The second-order valence-corrected chi connectivity index (χ2v) is 2.31. The molecule has 0 rings (SSSR count). The van der Waals surface area contributed by atoms with Gasteiger partial charge in [0.15, 0.2) is 0 Å². The van der Waals surface area contributed by atoms with Gasteiger partial charge in [-0.05, 0) is 18.4 Å². The van der Waals surface area contributed by atoms with E-state index in [0.717, 1.165) is 0 Å². The standard InChI is InChI=1S/C9H13NO2/c1-3-5-7(6-4-2)8(10)9(11)12/h3-4H,1-2,5-6,10H2,(H,11,12). The van der Waals surface area contributed by atoms with Crippen molar-refractivity contribution in [2.45, 2.75) is 12.8 Å². The molecule has 12 heavy (non-hydrogen) atoms. The summed E-state index contributed by atoms with van der Waals surface area (Å²) < 4.78 is 0. The van der Waals surface area contributed by atoms with Crippen LogP contribution in [0.2, 0.25) is 0 Å². The average Bonchev–Trinajstić information content (AvgIpc) is 2.03. The SMILES string of the molecule is C=CCC(CC=C)=C(N)C(=O)O. The molecule has 0 fully saturated rings. The van der Waals surface area contributed by atoms with E-state index in [-0.39, 0.29) is 5.70 Å². The third kappa shape index (κ3) is 3.05. The first-order valence-corrected chi connectivity index (χ1v) is 3.56. The molecule has 0 saturated heterocycles. The van der Waals surface area contributed by atoms with Crippen LogP contribution in [-0.2, 0) is 4.79 Å². The number of aliphatic carboxylic acids is 1. The number of carboxylic acids is 1. The lowest BCUT2D eigenvalue weighted by molar-refractivity contribution is -0.132. The van der Waals surface area contributed by atoms with E-state index in [1.54, 1.807) is 12.2 Å². The van der Waals surface area contributed by atoms with Crippen LogP contribution in [0.4, 0.5) is 0 Å². The Kier molecular flexibility index (Phi) is 4.53. The minimum absolute atomic E-state index is 0.102. The number of nitrogens with two attached hydrogens (primary N) is 1. The van der Waals surface area contributed by atoms with E-state index in [0.29, 0.717) is 18.4 Å². The Bertz CT molecular complexity index is 217. The number of carboxylic acid groups (broad SMARTS) is 1. The molecule has 3 nitrogen and oxygen atoms in total. The fourth-order valence-electron chi connectivity index (χ4n) is 0.803. The van der Waals surface area contributed by atoms with E-state index in [9.17, 15) is 4.79 Å². The molecular formula is C9H13NO2. The van der Waals surface area contributed by atoms with Crippen LogP contribution in [-0.4, -0.2) is 11.1 Å². The van der Waals surface area contributed by atoms with Crippen molar-refractivity contribution >= 4 is 5.97 Å². The number of rotatable bonds is 5. The van der Waals surface area contributed by atoms with Gasteiger partial charge in [0.25, 0.3) is 0 Å². The van der Waals surface area contributed by atoms with Crippen molar-refractivity contribution in [2.75, 3.05) is 0 Å². The van der Waals surface area contributed by atoms with Crippen molar-refractivity contribution in [3.8, 4) is 0 Å². The zero-order valence-electron chi connectivity index (χ0n) is 6.92. The van der Waals surface area contributed by atoms with Crippen LogP contribution >= 0.6 is 0 Å². The maximum atomic E-state index is 10.4. The van der Waals surface area contributed by atoms with Gasteiger partial charge in [0.2, 0.25) is 0 Å². The van der Waals surface area contributed by atoms with Crippen LogP contribution in [0.5, 0.6) is 0 Å². The lowest BCUT2D eigenvalue weighted by Crippen LogP contribution is -2.13. The highest BCUT2D eigenvalue weighted by molar-refractivity contribution is 5.86. The molecule has 0 aromatic carbocycles. The first-order valence-electron chi connectivity index (χ1n) is 3.56. The Morgan fingerprint density at radius 3 is 2.00 bits per heavy atom. The molecule has 0 unspecified atom stereocenters. The van der Waals surface area contributed by atoms with Crippen molar-refractivity contribution in [1.29, 1.82) is 0 Å². The molecule has 0 radical (unpaired) electrons. The third-order valence-electron chi connectivity index (χ3n) is 1.39. The highest BCUT2D eigenvalue weighted by Crippen LogP contribution is 2.10. The molecule has 0 aliphatic rings. The predicted octanol–water partition coefficient (Wildman–Crippen LogP) is 1.44. The second kappa shape index (κ2) is 5.18. The van der Waals surface area contributed by atoms with Crippen molar-refractivity contribution in [3.63, 3.8) is 0 Å². The summed E-state index contributed by atoms with van der Waals surface area (Å²) in [5, 5.41) is 8.55. The number of hydrogen-bond donors (Lipinski definition) is 2. The second-order valence-electron chi connectivity index (χ2n) is 2.31. The van der Waals surface area contributed by atoms with Crippen LogP contribution in [0.15, 0.2) is 36.6 Å². The van der Waals surface area contributed by atoms with Crippen LogP contribution in [0, 0.1) is 0 Å². The van der Waals surface area contributed by atoms with Gasteiger partial charge in [0, 0.05) is 0 Å². The van der Waals surface area contributed by atoms with Gasteiger partial charge in [-0.1, -0.05) is 12.2 Å². The quantitative estimate of drug-likeness (QED) is 0.481. The summed E-state index contributed by atoms with van der Waals surface area (Å²) in [6.07, 6.45) is 4.22. The lowest BCUT2D eigenvalue weighted by atomic mass is 10.1. The molecule has 0 aromatic heterocycles. The van der Waals surface area contributed by atoms with Gasteiger partial charge in [-0.25, -0.2) is 4.79 Å². The summed E-state index contributed by atoms with van der Waals surface area (Å²) in [5.41, 5.74) is 5.86. The molecule has 0 aromatic rings. The number of allylic oxidation sites excluding steroid dienone is 3. The van der Waals surface area contributed by atoms with Crippen LogP contribution in [0.1, 0.15) is 12.8 Å². The molecule has 3 N–H and O–H groups in total. The molecule has 0 aliphatic heterocycles. The highest BCUT2D eigenvalue weighted by atomic mass is 16.4. The molecule has 0 amide bonds. The summed E-state index contributed by atoms with van der Waals surface area (Å²) in [6.45, 7) is 7.02. The van der Waals surface area contributed by atoms with Crippen molar-refractivity contribution < 1.29 is 9.90 Å². The van der Waals surface area contributed by atoms with Gasteiger partial charge in [0.1, 0.15) is 5.70 Å². The Hall–Kier alpha value is -1.51. The van der Waals surface area contributed by atoms with Gasteiger partial charge < -0.3 is 10.8 Å².